The Morgan fingerprint density at radius 2 is 1.48 bits per heavy atom. The van der Waals surface area contributed by atoms with Gasteiger partial charge in [-0.3, -0.25) is 9.10 Å². The molecule has 2 rings (SSSR count). The molecule has 6 heteroatoms. The topological polar surface area (TPSA) is 74.7 Å². The van der Waals surface area contributed by atoms with Crippen molar-refractivity contribution in [3.05, 3.63) is 60.7 Å². The Morgan fingerprint density at radius 1 is 0.952 bits per heavy atom. The maximum atomic E-state index is 12.7. The summed E-state index contributed by atoms with van der Waals surface area (Å²) in [6.45, 7) is -0.115. The molecule has 0 atom stereocenters. The molecule has 0 amide bonds. The first-order valence-electron chi connectivity index (χ1n) is 6.36. The lowest BCUT2D eigenvalue weighted by molar-refractivity contribution is -0.136. The number of hydrogen-bond donors (Lipinski definition) is 1. The van der Waals surface area contributed by atoms with E-state index in [0.29, 0.717) is 5.69 Å². The molecule has 0 radical (unpaired) electrons. The molecule has 0 saturated carbocycles. The van der Waals surface area contributed by atoms with Gasteiger partial charge in [-0.25, -0.2) is 8.42 Å². The molecule has 0 aliphatic heterocycles. The predicted octanol–water partition coefficient (Wildman–Crippen LogP) is 2.36. The van der Waals surface area contributed by atoms with Crippen molar-refractivity contribution < 1.29 is 18.3 Å². The van der Waals surface area contributed by atoms with Gasteiger partial charge in [0, 0.05) is 6.54 Å². The Labute approximate surface area is 123 Å². The summed E-state index contributed by atoms with van der Waals surface area (Å²) in [5.41, 5.74) is 0.447. The molecule has 2 aromatic carbocycles. The van der Waals surface area contributed by atoms with E-state index in [4.69, 9.17) is 5.11 Å². The number of carboxylic acid groups (broad SMARTS) is 1. The molecule has 0 aromatic heterocycles. The van der Waals surface area contributed by atoms with Gasteiger partial charge >= 0.3 is 5.97 Å². The van der Waals surface area contributed by atoms with E-state index in [1.807, 2.05) is 0 Å². The highest BCUT2D eigenvalue weighted by atomic mass is 32.2. The lowest BCUT2D eigenvalue weighted by Gasteiger charge is -2.23. The standard InChI is InChI=1S/C15H15NO4S/c17-15(18)11-12-16(13-7-3-1-4-8-13)21(19,20)14-9-5-2-6-10-14/h1-10H,11-12H2,(H,17,18). The molecular formula is C15H15NO4S. The Kier molecular flexibility index (Phi) is 4.59. The summed E-state index contributed by atoms with van der Waals surface area (Å²) >= 11 is 0. The van der Waals surface area contributed by atoms with Gasteiger partial charge in [-0.05, 0) is 24.3 Å². The average molecular weight is 305 g/mol. The van der Waals surface area contributed by atoms with Crippen LogP contribution in [0.5, 0.6) is 0 Å². The van der Waals surface area contributed by atoms with Crippen molar-refractivity contribution in [2.45, 2.75) is 11.3 Å². The first-order chi connectivity index (χ1) is 10.0. The Hall–Kier alpha value is -2.34. The van der Waals surface area contributed by atoms with E-state index in [2.05, 4.69) is 0 Å². The van der Waals surface area contributed by atoms with Crippen LogP contribution < -0.4 is 4.31 Å². The van der Waals surface area contributed by atoms with Gasteiger partial charge < -0.3 is 5.11 Å². The number of nitrogens with zero attached hydrogens (tertiary/aromatic N) is 1. The Morgan fingerprint density at radius 3 is 2.00 bits per heavy atom. The van der Waals surface area contributed by atoms with Crippen LogP contribution >= 0.6 is 0 Å². The van der Waals surface area contributed by atoms with Gasteiger partial charge in [0.2, 0.25) is 0 Å². The van der Waals surface area contributed by atoms with Crippen LogP contribution in [-0.4, -0.2) is 26.0 Å². The minimum atomic E-state index is -3.78. The van der Waals surface area contributed by atoms with Gasteiger partial charge in [0.1, 0.15) is 0 Å². The zero-order valence-corrected chi connectivity index (χ0v) is 12.0. The molecule has 2 aromatic rings. The molecular weight excluding hydrogens is 290 g/mol. The van der Waals surface area contributed by atoms with Crippen molar-refractivity contribution in [2.24, 2.45) is 0 Å². The summed E-state index contributed by atoms with van der Waals surface area (Å²) in [6.07, 6.45) is -0.263. The number of para-hydroxylation sites is 1. The second-order valence-electron chi connectivity index (χ2n) is 4.37. The van der Waals surface area contributed by atoms with Crippen molar-refractivity contribution in [1.29, 1.82) is 0 Å². The summed E-state index contributed by atoms with van der Waals surface area (Å²) in [7, 11) is -3.78. The monoisotopic (exact) mass is 305 g/mol. The van der Waals surface area contributed by atoms with Crippen molar-refractivity contribution >= 4 is 21.7 Å². The van der Waals surface area contributed by atoms with Crippen molar-refractivity contribution in [2.75, 3.05) is 10.8 Å². The van der Waals surface area contributed by atoms with Gasteiger partial charge in [0.05, 0.1) is 17.0 Å². The van der Waals surface area contributed by atoms with Crippen LogP contribution in [0.15, 0.2) is 65.6 Å². The molecule has 0 unspecified atom stereocenters. The summed E-state index contributed by atoms with van der Waals surface area (Å²) in [5, 5.41) is 8.82. The van der Waals surface area contributed by atoms with Gasteiger partial charge in [-0.15, -0.1) is 0 Å². The molecule has 21 heavy (non-hydrogen) atoms. The third-order valence-corrected chi connectivity index (χ3v) is 4.75. The van der Waals surface area contributed by atoms with Crippen LogP contribution in [0.1, 0.15) is 6.42 Å². The number of anilines is 1. The van der Waals surface area contributed by atoms with Crippen molar-refractivity contribution in [3.8, 4) is 0 Å². The quantitative estimate of drug-likeness (QED) is 0.889. The van der Waals surface area contributed by atoms with Crippen LogP contribution in [0.3, 0.4) is 0 Å². The number of benzene rings is 2. The lowest BCUT2D eigenvalue weighted by atomic mass is 10.3. The second kappa shape index (κ2) is 6.41. The van der Waals surface area contributed by atoms with Crippen LogP contribution in [0.25, 0.3) is 0 Å². The molecule has 0 fully saturated rings. The van der Waals surface area contributed by atoms with Crippen LogP contribution in [0.4, 0.5) is 5.69 Å². The smallest absolute Gasteiger partial charge is 0.305 e. The maximum absolute atomic E-state index is 12.7. The summed E-state index contributed by atoms with van der Waals surface area (Å²) < 4.78 is 26.5. The third-order valence-electron chi connectivity index (χ3n) is 2.90. The van der Waals surface area contributed by atoms with Crippen molar-refractivity contribution in [3.63, 3.8) is 0 Å². The zero-order valence-electron chi connectivity index (χ0n) is 11.2. The SMILES string of the molecule is O=C(O)CCN(c1ccccc1)S(=O)(=O)c1ccccc1. The van der Waals surface area contributed by atoms with Gasteiger partial charge in [0.15, 0.2) is 0 Å². The van der Waals surface area contributed by atoms with E-state index < -0.39 is 16.0 Å². The summed E-state index contributed by atoms with van der Waals surface area (Å²) in [4.78, 5) is 10.9. The van der Waals surface area contributed by atoms with E-state index in [1.54, 1.807) is 48.5 Å². The highest BCUT2D eigenvalue weighted by Crippen LogP contribution is 2.23. The van der Waals surface area contributed by atoms with E-state index >= 15 is 0 Å². The van der Waals surface area contributed by atoms with Gasteiger partial charge in [-0.1, -0.05) is 36.4 Å². The van der Waals surface area contributed by atoms with Crippen LogP contribution in [0.2, 0.25) is 0 Å². The second-order valence-corrected chi connectivity index (χ2v) is 6.23. The maximum Gasteiger partial charge on any atom is 0.305 e. The minimum Gasteiger partial charge on any atom is -0.481 e. The first-order valence-corrected chi connectivity index (χ1v) is 7.80. The Bertz CT molecular complexity index is 699. The summed E-state index contributed by atoms with van der Waals surface area (Å²) in [5.74, 6) is -1.04. The summed E-state index contributed by atoms with van der Waals surface area (Å²) in [6, 6.07) is 16.5. The fourth-order valence-corrected chi connectivity index (χ4v) is 3.39. The van der Waals surface area contributed by atoms with E-state index in [1.165, 1.54) is 12.1 Å². The number of hydrogen-bond acceptors (Lipinski definition) is 3. The molecule has 0 heterocycles. The van der Waals surface area contributed by atoms with E-state index in [-0.39, 0.29) is 17.9 Å². The average Bonchev–Trinajstić information content (AvgIpc) is 2.49. The van der Waals surface area contributed by atoms with Gasteiger partial charge in [0.25, 0.3) is 10.0 Å². The first kappa shape index (κ1) is 15.1. The lowest BCUT2D eigenvalue weighted by Crippen LogP contribution is -2.33. The normalized spacial score (nSPS) is 11.0. The number of aliphatic carboxylic acids is 1. The highest BCUT2D eigenvalue weighted by Gasteiger charge is 2.24. The number of sulfonamides is 1. The molecule has 110 valence electrons. The van der Waals surface area contributed by atoms with Gasteiger partial charge in [-0.2, -0.15) is 0 Å². The molecule has 5 nitrogen and oxygen atoms in total. The fraction of sp³-hybridized carbons (Fsp3) is 0.133. The number of carboxylic acids is 1. The molecule has 0 bridgehead atoms. The predicted molar refractivity (Wildman–Crippen MR) is 79.7 cm³/mol. The number of carbonyl (C=O) groups is 1. The fourth-order valence-electron chi connectivity index (χ4n) is 1.90. The largest absolute Gasteiger partial charge is 0.481 e. The van der Waals surface area contributed by atoms with Crippen LogP contribution in [0, 0.1) is 0 Å². The van der Waals surface area contributed by atoms with E-state index in [9.17, 15) is 13.2 Å². The third kappa shape index (κ3) is 3.61. The molecule has 0 aliphatic rings. The highest BCUT2D eigenvalue weighted by molar-refractivity contribution is 7.92. The van der Waals surface area contributed by atoms with Crippen LogP contribution in [-0.2, 0) is 14.8 Å². The van der Waals surface area contributed by atoms with E-state index in [0.717, 1.165) is 4.31 Å². The number of rotatable bonds is 6. The molecule has 0 spiro atoms. The Balaban J connectivity index is 2.42. The van der Waals surface area contributed by atoms with Crippen molar-refractivity contribution in [1.82, 2.24) is 0 Å². The molecule has 1 N–H and O–H groups in total. The molecule has 0 saturated heterocycles. The minimum absolute atomic E-state index is 0.115. The molecule has 0 aliphatic carbocycles. The zero-order chi connectivity index (χ0) is 15.3.